The highest BCUT2D eigenvalue weighted by atomic mass is 16.6. The van der Waals surface area contributed by atoms with Crippen LogP contribution in [0.15, 0.2) is 72.9 Å². The molecule has 6 heteroatoms. The summed E-state index contributed by atoms with van der Waals surface area (Å²) in [6, 6.07) is 0. The van der Waals surface area contributed by atoms with Crippen molar-refractivity contribution < 1.29 is 28.6 Å². The Hall–Kier alpha value is -3.15. The SMILES string of the molecule is CC/C=C\C/C=C\C/C=C\C/C=C\C/C=C\C/C=C\CCCCCCCCCCC(=O)OC(COC(=O)CCCCCCC)COC(=O)CCCCCCCCCCCCCCCCCCCCCCCCCCCCCC. The van der Waals surface area contributed by atoms with Crippen molar-refractivity contribution >= 4 is 17.9 Å². The van der Waals surface area contributed by atoms with Gasteiger partial charge in [0, 0.05) is 19.3 Å². The molecule has 0 bridgehead atoms. The van der Waals surface area contributed by atoms with Gasteiger partial charge in [0.15, 0.2) is 6.10 Å². The molecule has 0 saturated heterocycles. The summed E-state index contributed by atoms with van der Waals surface area (Å²) >= 11 is 0. The second-order valence-electron chi connectivity index (χ2n) is 22.7. The minimum atomic E-state index is -0.776. The van der Waals surface area contributed by atoms with E-state index in [-0.39, 0.29) is 31.1 Å². The summed E-state index contributed by atoms with van der Waals surface area (Å²) in [6.45, 7) is 6.48. The molecule has 0 spiro atoms. The van der Waals surface area contributed by atoms with Crippen molar-refractivity contribution in [2.75, 3.05) is 13.2 Å². The zero-order valence-electron chi connectivity index (χ0n) is 51.9. The largest absolute Gasteiger partial charge is 0.462 e. The third-order valence-corrected chi connectivity index (χ3v) is 15.0. The highest BCUT2D eigenvalue weighted by Gasteiger charge is 2.19. The van der Waals surface area contributed by atoms with Crippen LogP contribution < -0.4 is 0 Å². The van der Waals surface area contributed by atoms with Crippen LogP contribution in [0.4, 0.5) is 0 Å². The quantitative estimate of drug-likeness (QED) is 0.0261. The summed E-state index contributed by atoms with van der Waals surface area (Å²) in [5, 5.41) is 0. The molecule has 0 saturated carbocycles. The third-order valence-electron chi connectivity index (χ3n) is 15.0. The Labute approximate surface area is 484 Å². The number of carbonyl (C=O) groups excluding carboxylic acids is 3. The van der Waals surface area contributed by atoms with Crippen LogP contribution in [-0.2, 0) is 28.6 Å². The van der Waals surface area contributed by atoms with Crippen LogP contribution in [0.1, 0.15) is 348 Å². The molecule has 0 aliphatic rings. The molecule has 0 aromatic rings. The fraction of sp³-hybridized carbons (Fsp3) is 0.792. The summed E-state index contributed by atoms with van der Waals surface area (Å²) < 4.78 is 16.8. The van der Waals surface area contributed by atoms with E-state index in [1.807, 2.05) is 0 Å². The molecule has 452 valence electrons. The molecule has 0 aliphatic heterocycles. The van der Waals surface area contributed by atoms with E-state index in [1.54, 1.807) is 0 Å². The molecule has 0 aromatic carbocycles. The van der Waals surface area contributed by atoms with Crippen LogP contribution in [-0.4, -0.2) is 37.2 Å². The van der Waals surface area contributed by atoms with E-state index in [0.29, 0.717) is 19.3 Å². The van der Waals surface area contributed by atoms with Crippen LogP contribution >= 0.6 is 0 Å². The van der Waals surface area contributed by atoms with Crippen LogP contribution in [0.5, 0.6) is 0 Å². The van der Waals surface area contributed by atoms with Crippen LogP contribution in [0.25, 0.3) is 0 Å². The number of esters is 3. The molecular formula is C72H128O6. The monoisotopic (exact) mass is 1090 g/mol. The standard InChI is InChI=1S/C72H128O6/c1-4-7-10-13-15-17-19-21-23-25-27-29-31-33-35-37-38-40-42-44-46-48-50-52-54-56-59-62-65-71(74)77-68-69(67-76-70(73)64-61-58-12-9-6-3)78-72(75)66-63-60-57-55-53-51-49-47-45-43-41-39-36-34-32-30-28-26-24-22-20-18-16-14-11-8-5-2/h8,11,16,18,22,24,28,30,34,36,41,43,69H,4-7,9-10,12-15,17,19-21,23,25-27,29,31-33,35,37-40,42,44-68H2,1-3H3/b11-8-,18-16-,24-22-,30-28-,36-34-,43-41-. The first kappa shape index (κ1) is 74.8. The lowest BCUT2D eigenvalue weighted by molar-refractivity contribution is -0.167. The Balaban J connectivity index is 4.00. The molecule has 0 fully saturated rings. The van der Waals surface area contributed by atoms with Crippen LogP contribution in [0.2, 0.25) is 0 Å². The topological polar surface area (TPSA) is 78.9 Å². The maximum absolute atomic E-state index is 12.8. The molecule has 6 nitrogen and oxygen atoms in total. The van der Waals surface area contributed by atoms with E-state index in [2.05, 4.69) is 93.7 Å². The minimum absolute atomic E-state index is 0.0754. The summed E-state index contributed by atoms with van der Waals surface area (Å²) in [4.78, 5) is 38.0. The van der Waals surface area contributed by atoms with E-state index in [9.17, 15) is 14.4 Å². The Morgan fingerprint density at radius 2 is 0.500 bits per heavy atom. The van der Waals surface area contributed by atoms with E-state index in [1.165, 1.54) is 199 Å². The average Bonchev–Trinajstić information content (AvgIpc) is 3.44. The predicted molar refractivity (Wildman–Crippen MR) is 339 cm³/mol. The van der Waals surface area contributed by atoms with Crippen LogP contribution in [0, 0.1) is 0 Å². The second kappa shape index (κ2) is 66.4. The van der Waals surface area contributed by atoms with Gasteiger partial charge in [-0.3, -0.25) is 14.4 Å². The minimum Gasteiger partial charge on any atom is -0.462 e. The van der Waals surface area contributed by atoms with Gasteiger partial charge in [-0.15, -0.1) is 0 Å². The maximum Gasteiger partial charge on any atom is 0.306 e. The summed E-state index contributed by atoms with van der Waals surface area (Å²) in [5.41, 5.74) is 0. The van der Waals surface area contributed by atoms with E-state index >= 15 is 0 Å². The van der Waals surface area contributed by atoms with Gasteiger partial charge in [0.1, 0.15) is 13.2 Å². The van der Waals surface area contributed by atoms with Gasteiger partial charge in [-0.1, -0.05) is 331 Å². The van der Waals surface area contributed by atoms with Gasteiger partial charge in [-0.25, -0.2) is 0 Å². The molecule has 0 aromatic heterocycles. The number of hydrogen-bond acceptors (Lipinski definition) is 6. The first-order chi connectivity index (χ1) is 38.5. The summed E-state index contributed by atoms with van der Waals surface area (Å²) in [7, 11) is 0. The third kappa shape index (κ3) is 63.7. The number of ether oxygens (including phenoxy) is 3. The fourth-order valence-corrected chi connectivity index (χ4v) is 9.92. The normalized spacial score (nSPS) is 12.5. The molecule has 78 heavy (non-hydrogen) atoms. The maximum atomic E-state index is 12.8. The number of allylic oxidation sites excluding steroid dienone is 12. The number of rotatable bonds is 62. The lowest BCUT2D eigenvalue weighted by Gasteiger charge is -2.18. The molecule has 0 radical (unpaired) electrons. The Bertz CT molecular complexity index is 1440. The summed E-state index contributed by atoms with van der Waals surface area (Å²) in [6.07, 6.45) is 87.0. The van der Waals surface area contributed by atoms with Crippen molar-refractivity contribution in [3.8, 4) is 0 Å². The van der Waals surface area contributed by atoms with Crippen molar-refractivity contribution in [2.45, 2.75) is 354 Å². The van der Waals surface area contributed by atoms with Crippen molar-refractivity contribution in [3.05, 3.63) is 72.9 Å². The number of unbranched alkanes of at least 4 members (excludes halogenated alkanes) is 39. The van der Waals surface area contributed by atoms with Gasteiger partial charge in [0.05, 0.1) is 0 Å². The Kier molecular flexibility index (Phi) is 63.7. The van der Waals surface area contributed by atoms with E-state index in [0.717, 1.165) is 109 Å². The summed E-state index contributed by atoms with van der Waals surface area (Å²) in [5.74, 6) is -0.882. The van der Waals surface area contributed by atoms with Gasteiger partial charge in [-0.05, 0) is 70.6 Å². The second-order valence-corrected chi connectivity index (χ2v) is 22.7. The predicted octanol–water partition coefficient (Wildman–Crippen LogP) is 23.3. The molecule has 0 heterocycles. The fourth-order valence-electron chi connectivity index (χ4n) is 9.92. The smallest absolute Gasteiger partial charge is 0.306 e. The van der Waals surface area contributed by atoms with Gasteiger partial charge in [0.2, 0.25) is 0 Å². The Morgan fingerprint density at radius 1 is 0.269 bits per heavy atom. The molecule has 0 aliphatic carbocycles. The first-order valence-electron chi connectivity index (χ1n) is 33.9. The zero-order chi connectivity index (χ0) is 56.4. The van der Waals surface area contributed by atoms with Crippen molar-refractivity contribution in [2.24, 2.45) is 0 Å². The zero-order valence-corrected chi connectivity index (χ0v) is 51.9. The molecule has 1 unspecified atom stereocenters. The van der Waals surface area contributed by atoms with Gasteiger partial charge < -0.3 is 14.2 Å². The molecule has 1 atom stereocenters. The number of carbonyl (C=O) groups is 3. The highest BCUT2D eigenvalue weighted by molar-refractivity contribution is 5.71. The lowest BCUT2D eigenvalue weighted by atomic mass is 10.0. The van der Waals surface area contributed by atoms with Gasteiger partial charge >= 0.3 is 17.9 Å². The molecule has 0 rings (SSSR count). The van der Waals surface area contributed by atoms with E-state index in [4.69, 9.17) is 14.2 Å². The lowest BCUT2D eigenvalue weighted by Crippen LogP contribution is -2.30. The number of hydrogen-bond donors (Lipinski definition) is 0. The average molecular weight is 1090 g/mol. The van der Waals surface area contributed by atoms with Gasteiger partial charge in [0.25, 0.3) is 0 Å². The van der Waals surface area contributed by atoms with Crippen molar-refractivity contribution in [1.82, 2.24) is 0 Å². The molecule has 0 N–H and O–H groups in total. The van der Waals surface area contributed by atoms with Gasteiger partial charge in [-0.2, -0.15) is 0 Å². The Morgan fingerprint density at radius 3 is 0.782 bits per heavy atom. The van der Waals surface area contributed by atoms with Crippen LogP contribution in [0.3, 0.4) is 0 Å². The molecule has 0 amide bonds. The van der Waals surface area contributed by atoms with E-state index < -0.39 is 6.10 Å². The first-order valence-corrected chi connectivity index (χ1v) is 33.9. The molecular weight excluding hydrogens is 961 g/mol. The van der Waals surface area contributed by atoms with Crippen molar-refractivity contribution in [1.29, 1.82) is 0 Å². The highest BCUT2D eigenvalue weighted by Crippen LogP contribution is 2.18. The van der Waals surface area contributed by atoms with Crippen molar-refractivity contribution in [3.63, 3.8) is 0 Å².